The molecule has 0 unspecified atom stereocenters. The molecule has 0 aliphatic heterocycles. The van der Waals surface area contributed by atoms with Crippen molar-refractivity contribution < 1.29 is 8.78 Å². The SMILES string of the molecule is Cc1ccc(Sc2ccc(F)c(F)c2)c(C#N)c1. The van der Waals surface area contributed by atoms with Gasteiger partial charge in [-0.3, -0.25) is 0 Å². The van der Waals surface area contributed by atoms with Gasteiger partial charge in [-0.15, -0.1) is 0 Å². The van der Waals surface area contributed by atoms with Crippen LogP contribution >= 0.6 is 11.8 Å². The molecule has 0 bridgehead atoms. The molecule has 0 heterocycles. The van der Waals surface area contributed by atoms with Crippen molar-refractivity contribution in [1.29, 1.82) is 5.26 Å². The van der Waals surface area contributed by atoms with E-state index in [4.69, 9.17) is 5.26 Å². The van der Waals surface area contributed by atoms with Gasteiger partial charge in [-0.05, 0) is 42.8 Å². The standard InChI is InChI=1S/C14H9F2NS/c1-9-2-5-14(10(6-9)8-17)18-11-3-4-12(15)13(16)7-11/h2-7H,1H3. The molecule has 0 atom stereocenters. The largest absolute Gasteiger partial charge is 0.204 e. The fourth-order valence-corrected chi connectivity index (χ4v) is 2.39. The van der Waals surface area contributed by atoms with Gasteiger partial charge in [0, 0.05) is 9.79 Å². The zero-order chi connectivity index (χ0) is 13.1. The van der Waals surface area contributed by atoms with E-state index in [9.17, 15) is 8.78 Å². The quantitative estimate of drug-likeness (QED) is 0.805. The Morgan fingerprint density at radius 3 is 2.50 bits per heavy atom. The first-order chi connectivity index (χ1) is 8.60. The third-order valence-corrected chi connectivity index (χ3v) is 3.44. The molecule has 90 valence electrons. The normalized spacial score (nSPS) is 10.1. The van der Waals surface area contributed by atoms with Crippen LogP contribution in [0.3, 0.4) is 0 Å². The number of rotatable bonds is 2. The molecule has 2 aromatic rings. The maximum absolute atomic E-state index is 13.1. The smallest absolute Gasteiger partial charge is 0.159 e. The Kier molecular flexibility index (Phi) is 3.63. The van der Waals surface area contributed by atoms with Crippen molar-refractivity contribution >= 4 is 11.8 Å². The van der Waals surface area contributed by atoms with E-state index in [1.165, 1.54) is 17.8 Å². The van der Waals surface area contributed by atoms with Crippen molar-refractivity contribution in [2.24, 2.45) is 0 Å². The lowest BCUT2D eigenvalue weighted by molar-refractivity contribution is 0.506. The molecule has 4 heteroatoms. The number of nitriles is 1. The van der Waals surface area contributed by atoms with Gasteiger partial charge in [-0.2, -0.15) is 5.26 Å². The molecule has 0 N–H and O–H groups in total. The topological polar surface area (TPSA) is 23.8 Å². The van der Waals surface area contributed by atoms with Crippen LogP contribution in [0.2, 0.25) is 0 Å². The van der Waals surface area contributed by atoms with Gasteiger partial charge in [0.2, 0.25) is 0 Å². The van der Waals surface area contributed by atoms with Crippen LogP contribution in [-0.4, -0.2) is 0 Å². The molecule has 0 spiro atoms. The summed E-state index contributed by atoms with van der Waals surface area (Å²) in [4.78, 5) is 1.29. The molecule has 0 saturated heterocycles. The lowest BCUT2D eigenvalue weighted by Gasteiger charge is -2.05. The van der Waals surface area contributed by atoms with Crippen LogP contribution in [0.25, 0.3) is 0 Å². The van der Waals surface area contributed by atoms with E-state index < -0.39 is 11.6 Å². The monoisotopic (exact) mass is 261 g/mol. The van der Waals surface area contributed by atoms with E-state index in [-0.39, 0.29) is 0 Å². The second-order valence-electron chi connectivity index (χ2n) is 3.79. The van der Waals surface area contributed by atoms with Crippen LogP contribution in [0.4, 0.5) is 8.78 Å². The zero-order valence-electron chi connectivity index (χ0n) is 9.58. The average molecular weight is 261 g/mol. The van der Waals surface area contributed by atoms with Crippen LogP contribution in [-0.2, 0) is 0 Å². The lowest BCUT2D eigenvalue weighted by Crippen LogP contribution is -1.86. The van der Waals surface area contributed by atoms with Crippen LogP contribution in [0.1, 0.15) is 11.1 Å². The molecule has 2 aromatic carbocycles. The molecular formula is C14H9F2NS. The lowest BCUT2D eigenvalue weighted by atomic mass is 10.2. The first kappa shape index (κ1) is 12.6. The predicted octanol–water partition coefficient (Wildman–Crippen LogP) is 4.30. The van der Waals surface area contributed by atoms with Crippen LogP contribution in [0.5, 0.6) is 0 Å². The molecule has 0 saturated carbocycles. The highest BCUT2D eigenvalue weighted by Gasteiger charge is 2.07. The summed E-state index contributed by atoms with van der Waals surface area (Å²) < 4.78 is 25.9. The summed E-state index contributed by atoms with van der Waals surface area (Å²) in [5, 5.41) is 9.02. The minimum absolute atomic E-state index is 0.532. The first-order valence-electron chi connectivity index (χ1n) is 5.24. The van der Waals surface area contributed by atoms with E-state index in [1.54, 1.807) is 12.1 Å². The maximum atomic E-state index is 13.1. The summed E-state index contributed by atoms with van der Waals surface area (Å²) in [5.74, 6) is -1.76. The Morgan fingerprint density at radius 2 is 1.83 bits per heavy atom. The summed E-state index contributed by atoms with van der Waals surface area (Å²) in [6, 6.07) is 11.2. The molecule has 0 aromatic heterocycles. The van der Waals surface area contributed by atoms with Crippen molar-refractivity contribution in [2.75, 3.05) is 0 Å². The Hall–Kier alpha value is -1.86. The second-order valence-corrected chi connectivity index (χ2v) is 4.90. The van der Waals surface area contributed by atoms with Gasteiger partial charge in [0.25, 0.3) is 0 Å². The van der Waals surface area contributed by atoms with Crippen molar-refractivity contribution in [3.05, 3.63) is 59.2 Å². The van der Waals surface area contributed by atoms with E-state index >= 15 is 0 Å². The summed E-state index contributed by atoms with van der Waals surface area (Å²) in [5.41, 5.74) is 1.52. The Balaban J connectivity index is 2.34. The molecule has 0 radical (unpaired) electrons. The van der Waals surface area contributed by atoms with E-state index in [2.05, 4.69) is 6.07 Å². The third kappa shape index (κ3) is 2.69. The fourth-order valence-electron chi connectivity index (χ4n) is 1.49. The number of hydrogen-bond donors (Lipinski definition) is 0. The summed E-state index contributed by atoms with van der Waals surface area (Å²) >= 11 is 1.24. The fraction of sp³-hybridized carbons (Fsp3) is 0.0714. The Labute approximate surface area is 108 Å². The van der Waals surface area contributed by atoms with Crippen LogP contribution in [0.15, 0.2) is 46.2 Å². The summed E-state index contributed by atoms with van der Waals surface area (Å²) in [7, 11) is 0. The van der Waals surface area contributed by atoms with Gasteiger partial charge in [0.05, 0.1) is 5.56 Å². The van der Waals surface area contributed by atoms with Gasteiger partial charge < -0.3 is 0 Å². The molecule has 18 heavy (non-hydrogen) atoms. The molecule has 0 aliphatic rings. The van der Waals surface area contributed by atoms with Crippen molar-refractivity contribution in [3.63, 3.8) is 0 Å². The Morgan fingerprint density at radius 1 is 1.06 bits per heavy atom. The Bertz CT molecular complexity index is 632. The number of aryl methyl sites for hydroxylation is 1. The summed E-state index contributed by atoms with van der Waals surface area (Å²) in [6.07, 6.45) is 0. The summed E-state index contributed by atoms with van der Waals surface area (Å²) in [6.45, 7) is 1.90. The molecule has 1 nitrogen and oxygen atoms in total. The molecule has 0 fully saturated rings. The van der Waals surface area contributed by atoms with Gasteiger partial charge in [-0.1, -0.05) is 17.8 Å². The highest BCUT2D eigenvalue weighted by molar-refractivity contribution is 7.99. The van der Waals surface area contributed by atoms with Gasteiger partial charge in [0.15, 0.2) is 11.6 Å². The number of halogens is 2. The van der Waals surface area contributed by atoms with Gasteiger partial charge in [-0.25, -0.2) is 8.78 Å². The van der Waals surface area contributed by atoms with E-state index in [1.807, 2.05) is 13.0 Å². The van der Waals surface area contributed by atoms with Gasteiger partial charge >= 0.3 is 0 Å². The third-order valence-electron chi connectivity index (χ3n) is 2.37. The molecule has 2 rings (SSSR count). The van der Waals surface area contributed by atoms with Crippen LogP contribution in [0, 0.1) is 29.9 Å². The highest BCUT2D eigenvalue weighted by atomic mass is 32.2. The molecule has 0 aliphatic carbocycles. The number of hydrogen-bond acceptors (Lipinski definition) is 2. The van der Waals surface area contributed by atoms with Crippen molar-refractivity contribution in [1.82, 2.24) is 0 Å². The molecular weight excluding hydrogens is 252 g/mol. The molecule has 0 amide bonds. The number of nitrogens with zero attached hydrogens (tertiary/aromatic N) is 1. The average Bonchev–Trinajstić information content (AvgIpc) is 2.36. The predicted molar refractivity (Wildman–Crippen MR) is 66.4 cm³/mol. The minimum Gasteiger partial charge on any atom is -0.204 e. The highest BCUT2D eigenvalue weighted by Crippen LogP contribution is 2.31. The maximum Gasteiger partial charge on any atom is 0.159 e. The number of benzene rings is 2. The van der Waals surface area contributed by atoms with Crippen molar-refractivity contribution in [2.45, 2.75) is 16.7 Å². The van der Waals surface area contributed by atoms with Crippen molar-refractivity contribution in [3.8, 4) is 6.07 Å². The van der Waals surface area contributed by atoms with Crippen LogP contribution < -0.4 is 0 Å². The van der Waals surface area contributed by atoms with E-state index in [0.717, 1.165) is 22.6 Å². The van der Waals surface area contributed by atoms with E-state index in [0.29, 0.717) is 10.5 Å². The first-order valence-corrected chi connectivity index (χ1v) is 6.05. The van der Waals surface area contributed by atoms with Gasteiger partial charge in [0.1, 0.15) is 6.07 Å². The minimum atomic E-state index is -0.884. The second kappa shape index (κ2) is 5.19. The zero-order valence-corrected chi connectivity index (χ0v) is 10.4.